The molecule has 3 saturated heterocycles. The molecular weight excluding hydrogens is 389 g/mol. The van der Waals surface area contributed by atoms with E-state index in [2.05, 4.69) is 15.9 Å². The van der Waals surface area contributed by atoms with Crippen molar-refractivity contribution in [2.45, 2.75) is 50.7 Å². The second-order valence-corrected chi connectivity index (χ2v) is 9.42. The second-order valence-electron chi connectivity index (χ2n) is 9.42. The molecule has 3 aliphatic heterocycles. The van der Waals surface area contributed by atoms with Crippen LogP contribution in [-0.2, 0) is 17.8 Å². The summed E-state index contributed by atoms with van der Waals surface area (Å²) < 4.78 is 13.8. The lowest BCUT2D eigenvalue weighted by Gasteiger charge is -2.57. The Kier molecular flexibility index (Phi) is 5.50. The summed E-state index contributed by atoms with van der Waals surface area (Å²) in [4.78, 5) is 17.7. The molecule has 0 radical (unpaired) electrons. The average molecular weight is 418 g/mol. The van der Waals surface area contributed by atoms with E-state index >= 15 is 0 Å². The zero-order valence-electron chi connectivity index (χ0n) is 17.7. The third-order valence-corrected chi connectivity index (χ3v) is 7.40. The van der Waals surface area contributed by atoms with Gasteiger partial charge in [-0.25, -0.2) is 4.39 Å². The Morgan fingerprint density at radius 2 is 1.87 bits per heavy atom. The highest BCUT2D eigenvalue weighted by molar-refractivity contribution is 5.78. The number of fused-ring (bicyclic) bond motifs is 4. The fourth-order valence-corrected chi connectivity index (χ4v) is 6.11. The molecule has 1 amide bonds. The number of likely N-dealkylation sites (tertiary alicyclic amines) is 1. The molecule has 3 fully saturated rings. The number of nitrogens with zero attached hydrogens (tertiary/aromatic N) is 3. The summed E-state index contributed by atoms with van der Waals surface area (Å²) in [5.41, 5.74) is 2.88. The van der Waals surface area contributed by atoms with E-state index in [1.807, 2.05) is 30.3 Å². The summed E-state index contributed by atoms with van der Waals surface area (Å²) in [7, 11) is 0. The van der Waals surface area contributed by atoms with Crippen molar-refractivity contribution in [3.8, 4) is 6.07 Å². The summed E-state index contributed by atoms with van der Waals surface area (Å²) in [6.07, 6.45) is 4.57. The van der Waals surface area contributed by atoms with Crippen LogP contribution in [0, 0.1) is 29.0 Å². The molecule has 2 aromatic rings. The highest BCUT2D eigenvalue weighted by Gasteiger charge is 2.49. The number of hydrogen-bond donors (Lipinski definition) is 0. The van der Waals surface area contributed by atoms with E-state index in [9.17, 15) is 9.18 Å². The summed E-state index contributed by atoms with van der Waals surface area (Å²) in [5, 5.41) is 9.04. The van der Waals surface area contributed by atoms with Gasteiger partial charge in [0.05, 0.1) is 11.6 Å². The fourth-order valence-electron chi connectivity index (χ4n) is 6.11. The normalized spacial score (nSPS) is 28.1. The number of halogens is 1. The molecule has 3 heterocycles. The van der Waals surface area contributed by atoms with Crippen LogP contribution in [0.2, 0.25) is 0 Å². The van der Waals surface area contributed by atoms with Gasteiger partial charge < -0.3 is 4.90 Å². The molecule has 31 heavy (non-hydrogen) atoms. The molecule has 5 rings (SSSR count). The largest absolute Gasteiger partial charge is 0.336 e. The predicted molar refractivity (Wildman–Crippen MR) is 116 cm³/mol. The summed E-state index contributed by atoms with van der Waals surface area (Å²) >= 11 is 0. The minimum atomic E-state index is -0.209. The number of amides is 1. The number of rotatable bonds is 4. The van der Waals surface area contributed by atoms with Crippen LogP contribution in [0.15, 0.2) is 48.5 Å². The first kappa shape index (κ1) is 20.2. The van der Waals surface area contributed by atoms with E-state index in [0.717, 1.165) is 50.9 Å². The Balaban J connectivity index is 1.39. The van der Waals surface area contributed by atoms with Crippen molar-refractivity contribution in [3.63, 3.8) is 0 Å². The summed E-state index contributed by atoms with van der Waals surface area (Å²) in [6.45, 7) is 2.83. The monoisotopic (exact) mass is 417 g/mol. The third-order valence-electron chi connectivity index (χ3n) is 7.40. The highest BCUT2D eigenvalue weighted by atomic mass is 19.1. The Bertz CT molecular complexity index is 998. The van der Waals surface area contributed by atoms with Crippen molar-refractivity contribution in [3.05, 3.63) is 71.0 Å². The molecule has 0 saturated carbocycles. The molecule has 5 heteroatoms. The molecule has 2 bridgehead atoms. The zero-order valence-corrected chi connectivity index (χ0v) is 17.7. The van der Waals surface area contributed by atoms with Crippen molar-refractivity contribution in [2.75, 3.05) is 13.1 Å². The lowest BCUT2D eigenvalue weighted by molar-refractivity contribution is -0.152. The average Bonchev–Trinajstić information content (AvgIpc) is 2.77. The van der Waals surface area contributed by atoms with Crippen molar-refractivity contribution in [1.82, 2.24) is 9.80 Å². The van der Waals surface area contributed by atoms with Gasteiger partial charge in [0.1, 0.15) is 5.82 Å². The van der Waals surface area contributed by atoms with Gasteiger partial charge in [0.15, 0.2) is 0 Å². The first-order valence-electron chi connectivity index (χ1n) is 11.4. The number of nitriles is 1. The van der Waals surface area contributed by atoms with Crippen LogP contribution >= 0.6 is 0 Å². The lowest BCUT2D eigenvalue weighted by atomic mass is 9.70. The summed E-state index contributed by atoms with van der Waals surface area (Å²) in [5.74, 6) is 0.982. The Labute approximate surface area is 183 Å². The molecule has 4 atom stereocenters. The van der Waals surface area contributed by atoms with Crippen molar-refractivity contribution < 1.29 is 9.18 Å². The van der Waals surface area contributed by atoms with Crippen molar-refractivity contribution in [1.29, 1.82) is 5.26 Å². The molecule has 2 aromatic carbocycles. The Morgan fingerprint density at radius 3 is 2.65 bits per heavy atom. The van der Waals surface area contributed by atoms with E-state index in [1.54, 1.807) is 12.1 Å². The quantitative estimate of drug-likeness (QED) is 0.751. The molecule has 4 nitrogen and oxygen atoms in total. The van der Waals surface area contributed by atoms with Gasteiger partial charge in [0, 0.05) is 38.1 Å². The number of piperidine rings is 3. The predicted octanol–water partition coefficient (Wildman–Crippen LogP) is 4.14. The Hall–Kier alpha value is -2.71. The maximum Gasteiger partial charge on any atom is 0.223 e. The van der Waals surface area contributed by atoms with Crippen LogP contribution in [0.5, 0.6) is 0 Å². The standard InChI is InChI=1S/C26H28FN3O/c27-23-4-1-3-20(11-23)12-25-22-13-21(24-5-2-6-26(31)30(24)25)16-29(17-22)15-19-9-7-18(14-28)8-10-19/h1,3-4,7-11,21-22,24-25H,2,5-6,12-13,15-17H2/t21-,22+,24+,25+/m1/s1. The second kappa shape index (κ2) is 8.43. The SMILES string of the molecule is N#Cc1ccc(CN2C[C@H]3C[C@@H](C2)[C@H](Cc2cccc(F)c2)N2C(=O)CCC[C@@H]32)cc1. The molecule has 160 valence electrons. The van der Waals surface area contributed by atoms with Crippen molar-refractivity contribution >= 4 is 5.91 Å². The van der Waals surface area contributed by atoms with Crippen LogP contribution in [0.25, 0.3) is 0 Å². The van der Waals surface area contributed by atoms with Gasteiger partial charge in [0.25, 0.3) is 0 Å². The van der Waals surface area contributed by atoms with Gasteiger partial charge in [-0.1, -0.05) is 24.3 Å². The number of hydrogen-bond acceptors (Lipinski definition) is 3. The fraction of sp³-hybridized carbons (Fsp3) is 0.462. The van der Waals surface area contributed by atoms with E-state index in [1.165, 1.54) is 11.6 Å². The lowest BCUT2D eigenvalue weighted by Crippen LogP contribution is -2.65. The molecule has 3 aliphatic rings. The van der Waals surface area contributed by atoms with E-state index in [4.69, 9.17) is 5.26 Å². The summed E-state index contributed by atoms with van der Waals surface area (Å²) in [6, 6.07) is 17.3. The van der Waals surface area contributed by atoms with Gasteiger partial charge in [-0.2, -0.15) is 5.26 Å². The van der Waals surface area contributed by atoms with Gasteiger partial charge in [-0.05, 0) is 72.9 Å². The maximum absolute atomic E-state index is 13.8. The third kappa shape index (κ3) is 4.09. The first-order valence-corrected chi connectivity index (χ1v) is 11.4. The maximum atomic E-state index is 13.8. The van der Waals surface area contributed by atoms with Gasteiger partial charge in [-0.15, -0.1) is 0 Å². The minimum absolute atomic E-state index is 0.139. The van der Waals surface area contributed by atoms with E-state index in [-0.39, 0.29) is 17.8 Å². The number of benzene rings is 2. The van der Waals surface area contributed by atoms with E-state index in [0.29, 0.717) is 29.9 Å². The Morgan fingerprint density at radius 1 is 1.06 bits per heavy atom. The van der Waals surface area contributed by atoms with E-state index < -0.39 is 0 Å². The van der Waals surface area contributed by atoms with Crippen LogP contribution in [0.4, 0.5) is 4.39 Å². The number of carbonyl (C=O) groups is 1. The zero-order chi connectivity index (χ0) is 21.4. The topological polar surface area (TPSA) is 47.3 Å². The van der Waals surface area contributed by atoms with Crippen molar-refractivity contribution in [2.24, 2.45) is 11.8 Å². The molecule has 0 aromatic heterocycles. The molecular formula is C26H28FN3O. The number of carbonyl (C=O) groups excluding carboxylic acids is 1. The molecule has 0 N–H and O–H groups in total. The van der Waals surface area contributed by atoms with Gasteiger partial charge in [0.2, 0.25) is 5.91 Å². The molecule has 0 unspecified atom stereocenters. The first-order chi connectivity index (χ1) is 15.1. The highest BCUT2D eigenvalue weighted by Crippen LogP contribution is 2.42. The minimum Gasteiger partial charge on any atom is -0.336 e. The van der Waals surface area contributed by atoms with Crippen LogP contribution in [-0.4, -0.2) is 40.9 Å². The van der Waals surface area contributed by atoms with Crippen LogP contribution in [0.1, 0.15) is 42.4 Å². The smallest absolute Gasteiger partial charge is 0.223 e. The van der Waals surface area contributed by atoms with Gasteiger partial charge in [-0.3, -0.25) is 9.69 Å². The van der Waals surface area contributed by atoms with Crippen LogP contribution in [0.3, 0.4) is 0 Å². The molecule has 0 aliphatic carbocycles. The van der Waals surface area contributed by atoms with Crippen LogP contribution < -0.4 is 0 Å². The van der Waals surface area contributed by atoms with Gasteiger partial charge >= 0.3 is 0 Å². The molecule has 0 spiro atoms.